The Kier molecular flexibility index (Phi) is 2.84. The summed E-state index contributed by atoms with van der Waals surface area (Å²) in [7, 11) is 0. The zero-order valence-corrected chi connectivity index (χ0v) is 13.0. The molecule has 3 aromatic heterocycles. The van der Waals surface area contributed by atoms with E-state index >= 15 is 0 Å². The van der Waals surface area contributed by atoms with E-state index in [9.17, 15) is 4.79 Å². The van der Waals surface area contributed by atoms with Crippen molar-refractivity contribution in [2.75, 3.05) is 0 Å². The number of rotatable bonds is 1. The lowest BCUT2D eigenvalue weighted by atomic mass is 9.84. The van der Waals surface area contributed by atoms with Gasteiger partial charge in [-0.2, -0.15) is 0 Å². The fourth-order valence-corrected chi connectivity index (χ4v) is 4.45. The third-order valence-corrected chi connectivity index (χ3v) is 5.50. The number of nitrogens with one attached hydrogen (secondary N) is 1. The van der Waals surface area contributed by atoms with E-state index in [1.165, 1.54) is 55.3 Å². The second-order valence-corrected chi connectivity index (χ2v) is 6.83. The van der Waals surface area contributed by atoms with E-state index in [1.807, 2.05) is 0 Å². The molecule has 1 N–H and O–H groups in total. The summed E-state index contributed by atoms with van der Waals surface area (Å²) in [5, 5.41) is 0.971. The lowest BCUT2D eigenvalue weighted by Gasteiger charge is -2.23. The van der Waals surface area contributed by atoms with Crippen molar-refractivity contribution in [1.82, 2.24) is 15.0 Å². The van der Waals surface area contributed by atoms with Gasteiger partial charge in [-0.15, -0.1) is 0 Å². The highest BCUT2D eigenvalue weighted by Gasteiger charge is 2.28. The average Bonchev–Trinajstić information content (AvgIpc) is 3.19. The number of hydrogen-bond donors (Lipinski definition) is 1. The molecule has 3 heterocycles. The lowest BCUT2D eigenvalue weighted by Crippen LogP contribution is -2.10. The molecular weight excluding hydrogens is 290 g/mol. The van der Waals surface area contributed by atoms with Crippen molar-refractivity contribution in [2.24, 2.45) is 0 Å². The highest BCUT2D eigenvalue weighted by molar-refractivity contribution is 6.03. The van der Waals surface area contributed by atoms with Gasteiger partial charge in [-0.05, 0) is 43.2 Å². The molecule has 0 amide bonds. The van der Waals surface area contributed by atoms with Gasteiger partial charge in [-0.1, -0.05) is 19.3 Å². The smallest absolute Gasteiger partial charge is 0.294 e. The summed E-state index contributed by atoms with van der Waals surface area (Å²) in [4.78, 5) is 23.9. The highest BCUT2D eigenvalue weighted by Crippen LogP contribution is 2.41. The van der Waals surface area contributed by atoms with Crippen LogP contribution >= 0.6 is 0 Å². The number of fused-ring (bicyclic) bond motifs is 5. The number of pyridine rings is 1. The van der Waals surface area contributed by atoms with Gasteiger partial charge in [0.25, 0.3) is 5.56 Å². The van der Waals surface area contributed by atoms with Crippen LogP contribution in [0.2, 0.25) is 0 Å². The molecule has 0 aromatic carbocycles. The number of aryl methyl sites for hydroxylation is 1. The number of nitrogens with zero attached hydrogens (tertiary/aromatic N) is 2. The van der Waals surface area contributed by atoms with Gasteiger partial charge in [0.05, 0.1) is 17.4 Å². The zero-order chi connectivity index (χ0) is 15.4. The van der Waals surface area contributed by atoms with Crippen LogP contribution in [0.1, 0.15) is 61.3 Å². The van der Waals surface area contributed by atoms with Crippen molar-refractivity contribution in [1.29, 1.82) is 0 Å². The Morgan fingerprint density at radius 1 is 1.09 bits per heavy atom. The standard InChI is InChI=1S/C18H19N3O2/c22-17-16-15(19-9-20-17)13-11-7-4-8-12(11)14(21-18(13)23-16)10-5-2-1-3-6-10/h9-10H,1-8H2,(H,19,20,22). The summed E-state index contributed by atoms with van der Waals surface area (Å²) in [5.41, 5.74) is 5.33. The molecule has 5 heteroatoms. The number of hydrogen-bond acceptors (Lipinski definition) is 4. The van der Waals surface area contributed by atoms with E-state index in [-0.39, 0.29) is 5.56 Å². The molecular formula is C18H19N3O2. The fourth-order valence-electron chi connectivity index (χ4n) is 4.45. The topological polar surface area (TPSA) is 71.8 Å². The van der Waals surface area contributed by atoms with Crippen LogP contribution in [0.4, 0.5) is 0 Å². The Labute approximate surface area is 133 Å². The molecule has 0 radical (unpaired) electrons. The Morgan fingerprint density at radius 2 is 1.91 bits per heavy atom. The molecule has 23 heavy (non-hydrogen) atoms. The van der Waals surface area contributed by atoms with Gasteiger partial charge in [0.15, 0.2) is 0 Å². The normalized spacial score (nSPS) is 18.8. The van der Waals surface area contributed by atoms with Crippen LogP contribution < -0.4 is 5.56 Å². The molecule has 0 atom stereocenters. The largest absolute Gasteiger partial charge is 0.430 e. The van der Waals surface area contributed by atoms with Gasteiger partial charge in [0, 0.05) is 5.92 Å². The van der Waals surface area contributed by atoms with Crippen molar-refractivity contribution >= 4 is 22.2 Å². The third-order valence-electron chi connectivity index (χ3n) is 5.50. The SMILES string of the molecule is O=c1[nH]cnc2c1oc1nc(C3CCCCC3)c3c(c12)CCC3. The minimum Gasteiger partial charge on any atom is -0.430 e. The van der Waals surface area contributed by atoms with Gasteiger partial charge >= 0.3 is 0 Å². The third kappa shape index (κ3) is 1.89. The average molecular weight is 309 g/mol. The summed E-state index contributed by atoms with van der Waals surface area (Å²) in [6.45, 7) is 0. The number of aromatic amines is 1. The molecule has 0 saturated heterocycles. The van der Waals surface area contributed by atoms with Crippen LogP contribution in [-0.2, 0) is 12.8 Å². The summed E-state index contributed by atoms with van der Waals surface area (Å²) in [6, 6.07) is 0. The molecule has 0 unspecified atom stereocenters. The maximum atomic E-state index is 12.0. The molecule has 0 bridgehead atoms. The Bertz CT molecular complexity index is 964. The molecule has 5 nitrogen and oxygen atoms in total. The van der Waals surface area contributed by atoms with Crippen molar-refractivity contribution in [3.05, 3.63) is 33.5 Å². The first-order valence-electron chi connectivity index (χ1n) is 8.64. The Morgan fingerprint density at radius 3 is 2.78 bits per heavy atom. The van der Waals surface area contributed by atoms with Gasteiger partial charge in [-0.3, -0.25) is 4.79 Å². The fraction of sp³-hybridized carbons (Fsp3) is 0.500. The Hall–Kier alpha value is -2.17. The van der Waals surface area contributed by atoms with Crippen LogP contribution in [0, 0.1) is 0 Å². The number of H-pyrrole nitrogens is 1. The molecule has 1 saturated carbocycles. The van der Waals surface area contributed by atoms with E-state index in [1.54, 1.807) is 0 Å². The van der Waals surface area contributed by atoms with Crippen molar-refractivity contribution < 1.29 is 4.42 Å². The zero-order valence-electron chi connectivity index (χ0n) is 13.0. The van der Waals surface area contributed by atoms with Gasteiger partial charge in [0.1, 0.15) is 5.52 Å². The maximum absolute atomic E-state index is 12.0. The number of aromatic nitrogens is 3. The highest BCUT2D eigenvalue weighted by atomic mass is 16.3. The molecule has 3 aromatic rings. The van der Waals surface area contributed by atoms with Crippen LogP contribution in [-0.4, -0.2) is 15.0 Å². The summed E-state index contributed by atoms with van der Waals surface area (Å²) in [5.74, 6) is 0.555. The molecule has 2 aliphatic carbocycles. The van der Waals surface area contributed by atoms with Crippen LogP contribution in [0.3, 0.4) is 0 Å². The molecule has 5 rings (SSSR count). The lowest BCUT2D eigenvalue weighted by molar-refractivity contribution is 0.434. The summed E-state index contributed by atoms with van der Waals surface area (Å²) < 4.78 is 5.82. The molecule has 118 valence electrons. The molecule has 0 spiro atoms. The quantitative estimate of drug-likeness (QED) is 0.745. The second kappa shape index (κ2) is 4.91. The van der Waals surface area contributed by atoms with Crippen LogP contribution in [0.15, 0.2) is 15.5 Å². The first kappa shape index (κ1) is 13.3. The van der Waals surface area contributed by atoms with Crippen molar-refractivity contribution in [3.63, 3.8) is 0 Å². The molecule has 2 aliphatic rings. The first-order chi connectivity index (χ1) is 11.3. The van der Waals surface area contributed by atoms with Crippen molar-refractivity contribution in [2.45, 2.75) is 57.3 Å². The molecule has 1 fully saturated rings. The van der Waals surface area contributed by atoms with Gasteiger partial charge < -0.3 is 9.40 Å². The second-order valence-electron chi connectivity index (χ2n) is 6.83. The van der Waals surface area contributed by atoms with E-state index in [0.717, 1.165) is 24.6 Å². The van der Waals surface area contributed by atoms with E-state index < -0.39 is 0 Å². The van der Waals surface area contributed by atoms with E-state index in [2.05, 4.69) is 9.97 Å². The minimum atomic E-state index is -0.223. The maximum Gasteiger partial charge on any atom is 0.294 e. The van der Waals surface area contributed by atoms with Gasteiger partial charge in [-0.25, -0.2) is 9.97 Å². The Balaban J connectivity index is 1.83. The molecule has 0 aliphatic heterocycles. The van der Waals surface area contributed by atoms with Crippen LogP contribution in [0.5, 0.6) is 0 Å². The van der Waals surface area contributed by atoms with Gasteiger partial charge in [0.2, 0.25) is 11.3 Å². The van der Waals surface area contributed by atoms with Crippen LogP contribution in [0.25, 0.3) is 22.2 Å². The van der Waals surface area contributed by atoms with E-state index in [4.69, 9.17) is 9.40 Å². The summed E-state index contributed by atoms with van der Waals surface area (Å²) >= 11 is 0. The predicted octanol–water partition coefficient (Wildman–Crippen LogP) is 3.60. The minimum absolute atomic E-state index is 0.223. The number of furan rings is 1. The van der Waals surface area contributed by atoms with E-state index in [0.29, 0.717) is 22.7 Å². The predicted molar refractivity (Wildman–Crippen MR) is 87.8 cm³/mol. The summed E-state index contributed by atoms with van der Waals surface area (Å²) in [6.07, 6.45) is 11.1. The first-order valence-corrected chi connectivity index (χ1v) is 8.64. The monoisotopic (exact) mass is 309 g/mol. The van der Waals surface area contributed by atoms with Crippen molar-refractivity contribution in [3.8, 4) is 0 Å².